The first-order valence-corrected chi connectivity index (χ1v) is 12.2. The van der Waals surface area contributed by atoms with Gasteiger partial charge in [0.2, 0.25) is 0 Å². The number of ether oxygens (including phenoxy) is 2. The molecule has 0 bridgehead atoms. The molecule has 0 amide bonds. The third-order valence-electron chi connectivity index (χ3n) is 6.46. The van der Waals surface area contributed by atoms with Crippen molar-refractivity contribution in [3.63, 3.8) is 0 Å². The number of carbonyl (C=O) groups is 1. The van der Waals surface area contributed by atoms with Gasteiger partial charge in [-0.05, 0) is 44.2 Å². The molecular weight excluding hydrogens is 482 g/mol. The molecule has 9 heteroatoms. The van der Waals surface area contributed by atoms with E-state index in [0.717, 1.165) is 44.9 Å². The Bertz CT molecular complexity index is 1630. The lowest BCUT2D eigenvalue weighted by Gasteiger charge is -2.13. The Labute approximate surface area is 219 Å². The topological polar surface area (TPSA) is 114 Å². The summed E-state index contributed by atoms with van der Waals surface area (Å²) in [4.78, 5) is 24.3. The van der Waals surface area contributed by atoms with Gasteiger partial charge in [0.15, 0.2) is 0 Å². The van der Waals surface area contributed by atoms with E-state index in [1.807, 2.05) is 60.9 Å². The highest BCUT2D eigenvalue weighted by atomic mass is 16.5. The van der Waals surface area contributed by atoms with Gasteiger partial charge in [0.05, 0.1) is 25.3 Å². The summed E-state index contributed by atoms with van der Waals surface area (Å²) < 4.78 is 12.9. The second-order valence-corrected chi connectivity index (χ2v) is 9.12. The van der Waals surface area contributed by atoms with E-state index in [2.05, 4.69) is 26.3 Å². The Balaban J connectivity index is 1.72. The van der Waals surface area contributed by atoms with E-state index in [9.17, 15) is 9.90 Å². The third-order valence-corrected chi connectivity index (χ3v) is 6.46. The Kier molecular flexibility index (Phi) is 6.74. The predicted molar refractivity (Wildman–Crippen MR) is 149 cm³/mol. The van der Waals surface area contributed by atoms with Crippen molar-refractivity contribution in [1.29, 1.82) is 0 Å². The number of carboxylic acid groups (broad SMARTS) is 1. The van der Waals surface area contributed by atoms with Crippen LogP contribution < -0.4 is 14.8 Å². The Morgan fingerprint density at radius 2 is 1.95 bits per heavy atom. The molecule has 3 heterocycles. The van der Waals surface area contributed by atoms with Crippen molar-refractivity contribution in [1.82, 2.24) is 19.5 Å². The summed E-state index contributed by atoms with van der Waals surface area (Å²) >= 11 is 0. The molecule has 0 unspecified atom stereocenters. The highest BCUT2D eigenvalue weighted by Crippen LogP contribution is 2.41. The number of carboxylic acids is 1. The van der Waals surface area contributed by atoms with Crippen molar-refractivity contribution in [3.05, 3.63) is 72.2 Å². The van der Waals surface area contributed by atoms with E-state index >= 15 is 0 Å². The van der Waals surface area contributed by atoms with Crippen molar-refractivity contribution < 1.29 is 19.4 Å². The third kappa shape index (κ3) is 4.54. The highest BCUT2D eigenvalue weighted by molar-refractivity contribution is 6.07. The fourth-order valence-corrected chi connectivity index (χ4v) is 4.78. The maximum Gasteiger partial charge on any atom is 0.328 e. The number of methoxy groups -OCH3 is 2. The number of aliphatic carboxylic acids is 1. The van der Waals surface area contributed by atoms with Crippen LogP contribution in [0.1, 0.15) is 31.1 Å². The summed E-state index contributed by atoms with van der Waals surface area (Å²) in [6, 6.07) is 15.8. The molecule has 2 aromatic carbocycles. The number of hydrogen-bond acceptors (Lipinski definition) is 6. The van der Waals surface area contributed by atoms with Gasteiger partial charge >= 0.3 is 5.97 Å². The first-order chi connectivity index (χ1) is 18.4. The number of aromatic nitrogens is 4. The first kappa shape index (κ1) is 24.9. The second kappa shape index (κ2) is 10.3. The molecule has 0 aliphatic carbocycles. The van der Waals surface area contributed by atoms with Gasteiger partial charge in [-0.2, -0.15) is 0 Å². The van der Waals surface area contributed by atoms with Crippen LogP contribution in [0.25, 0.3) is 39.3 Å². The number of aromatic amines is 1. The van der Waals surface area contributed by atoms with Crippen molar-refractivity contribution >= 4 is 39.8 Å². The van der Waals surface area contributed by atoms with Crippen LogP contribution >= 0.6 is 0 Å². The zero-order valence-corrected chi connectivity index (χ0v) is 21.6. The van der Waals surface area contributed by atoms with Crippen molar-refractivity contribution in [3.8, 4) is 22.8 Å². The SMILES string of the molecule is COc1ccc(CNc2ncnc3c2c(-c2cc4ccccc4[nH]2)c(/C=C/C(=O)O)n3C(C)C)c(OC)c1. The summed E-state index contributed by atoms with van der Waals surface area (Å²) in [6.07, 6.45) is 4.30. The minimum atomic E-state index is -1.02. The summed E-state index contributed by atoms with van der Waals surface area (Å²) in [5.74, 6) is 1.01. The van der Waals surface area contributed by atoms with Gasteiger partial charge in [0.1, 0.15) is 29.3 Å². The number of benzene rings is 2. The normalized spacial score (nSPS) is 11.6. The molecular formula is C29H29N5O4. The van der Waals surface area contributed by atoms with Gasteiger partial charge in [-0.15, -0.1) is 0 Å². The molecule has 194 valence electrons. The molecule has 5 aromatic rings. The van der Waals surface area contributed by atoms with Crippen LogP contribution in [0.2, 0.25) is 0 Å². The molecule has 38 heavy (non-hydrogen) atoms. The number of nitrogens with zero attached hydrogens (tertiary/aromatic N) is 3. The van der Waals surface area contributed by atoms with E-state index in [-0.39, 0.29) is 6.04 Å². The van der Waals surface area contributed by atoms with Crippen LogP contribution in [0.4, 0.5) is 5.82 Å². The van der Waals surface area contributed by atoms with Gasteiger partial charge in [0.25, 0.3) is 0 Å². The van der Waals surface area contributed by atoms with Crippen molar-refractivity contribution in [2.45, 2.75) is 26.4 Å². The van der Waals surface area contributed by atoms with E-state index in [4.69, 9.17) is 9.47 Å². The average Bonchev–Trinajstić information content (AvgIpc) is 3.49. The molecule has 0 saturated carbocycles. The van der Waals surface area contributed by atoms with E-state index in [1.165, 1.54) is 6.33 Å². The Hall–Kier alpha value is -4.79. The fraction of sp³-hybridized carbons (Fsp3) is 0.207. The first-order valence-electron chi connectivity index (χ1n) is 12.2. The van der Waals surface area contributed by atoms with Crippen LogP contribution in [-0.4, -0.2) is 44.8 Å². The molecule has 0 radical (unpaired) electrons. The molecule has 5 rings (SSSR count). The second-order valence-electron chi connectivity index (χ2n) is 9.12. The minimum Gasteiger partial charge on any atom is -0.497 e. The smallest absolute Gasteiger partial charge is 0.328 e. The molecule has 3 aromatic heterocycles. The minimum absolute atomic E-state index is 0.00788. The van der Waals surface area contributed by atoms with Crippen LogP contribution in [0.5, 0.6) is 11.5 Å². The summed E-state index contributed by atoms with van der Waals surface area (Å²) in [6.45, 7) is 4.53. The fourth-order valence-electron chi connectivity index (χ4n) is 4.78. The largest absolute Gasteiger partial charge is 0.497 e. The number of para-hydroxylation sites is 1. The van der Waals surface area contributed by atoms with E-state index < -0.39 is 5.97 Å². The maximum absolute atomic E-state index is 11.5. The number of H-pyrrole nitrogens is 1. The van der Waals surface area contributed by atoms with Gasteiger partial charge in [0, 0.05) is 52.5 Å². The summed E-state index contributed by atoms with van der Waals surface area (Å²) in [5.41, 5.74) is 5.03. The monoisotopic (exact) mass is 511 g/mol. The quantitative estimate of drug-likeness (QED) is 0.212. The Morgan fingerprint density at radius 3 is 2.66 bits per heavy atom. The Morgan fingerprint density at radius 1 is 1.13 bits per heavy atom. The molecule has 0 aliphatic heterocycles. The predicted octanol–water partition coefficient (Wildman–Crippen LogP) is 5.89. The standard InChI is InChI=1S/C29H29N5O4/c1-17(2)34-23(11-12-25(35)36)26(22-13-18-7-5-6-8-21(18)33-22)27-28(31-16-32-29(27)34)30-15-19-9-10-20(37-3)14-24(19)38-4/h5-14,16-17,33H,15H2,1-4H3,(H,35,36)(H,30,31,32)/b12-11+. The number of hydrogen-bond donors (Lipinski definition) is 3. The van der Waals surface area contributed by atoms with Gasteiger partial charge in [-0.25, -0.2) is 14.8 Å². The van der Waals surface area contributed by atoms with Crippen molar-refractivity contribution in [2.75, 3.05) is 19.5 Å². The lowest BCUT2D eigenvalue weighted by atomic mass is 10.1. The molecule has 0 atom stereocenters. The van der Waals surface area contributed by atoms with Crippen LogP contribution in [0, 0.1) is 0 Å². The van der Waals surface area contributed by atoms with Crippen molar-refractivity contribution in [2.24, 2.45) is 0 Å². The lowest BCUT2D eigenvalue weighted by molar-refractivity contribution is -0.131. The molecule has 9 nitrogen and oxygen atoms in total. The number of anilines is 1. The zero-order valence-electron chi connectivity index (χ0n) is 21.6. The number of nitrogens with one attached hydrogen (secondary N) is 2. The lowest BCUT2D eigenvalue weighted by Crippen LogP contribution is -2.06. The van der Waals surface area contributed by atoms with Gasteiger partial charge in [-0.1, -0.05) is 18.2 Å². The molecule has 0 spiro atoms. The van der Waals surface area contributed by atoms with E-state index in [0.29, 0.717) is 29.5 Å². The average molecular weight is 512 g/mol. The molecule has 3 N–H and O–H groups in total. The number of fused-ring (bicyclic) bond motifs is 2. The molecule has 0 aliphatic rings. The highest BCUT2D eigenvalue weighted by Gasteiger charge is 2.24. The zero-order chi connectivity index (χ0) is 26.8. The van der Waals surface area contributed by atoms with Crippen LogP contribution in [0.3, 0.4) is 0 Å². The molecule has 0 fully saturated rings. The van der Waals surface area contributed by atoms with Gasteiger partial charge < -0.3 is 29.4 Å². The van der Waals surface area contributed by atoms with Crippen LogP contribution in [0.15, 0.2) is 60.9 Å². The number of rotatable bonds is 9. The molecule has 0 saturated heterocycles. The van der Waals surface area contributed by atoms with E-state index in [1.54, 1.807) is 20.3 Å². The summed E-state index contributed by atoms with van der Waals surface area (Å²) in [7, 11) is 3.24. The van der Waals surface area contributed by atoms with Crippen LogP contribution in [-0.2, 0) is 11.3 Å². The summed E-state index contributed by atoms with van der Waals surface area (Å²) in [5, 5.41) is 14.8. The maximum atomic E-state index is 11.5. The van der Waals surface area contributed by atoms with Gasteiger partial charge in [-0.3, -0.25) is 0 Å².